The van der Waals surface area contributed by atoms with Crippen LogP contribution in [0.4, 0.5) is 0 Å². The number of primary amides is 1. The van der Waals surface area contributed by atoms with Crippen molar-refractivity contribution < 1.29 is 4.79 Å². The smallest absolute Gasteiger partial charge is 0.219 e. The molecule has 7 heteroatoms. The van der Waals surface area contributed by atoms with Crippen LogP contribution in [0.3, 0.4) is 0 Å². The van der Waals surface area contributed by atoms with Gasteiger partial charge in [-0.25, -0.2) is 0 Å². The minimum absolute atomic E-state index is 0.0182. The van der Waals surface area contributed by atoms with E-state index in [0.29, 0.717) is 12.4 Å². The van der Waals surface area contributed by atoms with Crippen LogP contribution in [0.2, 0.25) is 0 Å². The topological polar surface area (TPSA) is 113 Å². The first-order valence-corrected chi connectivity index (χ1v) is 6.00. The van der Waals surface area contributed by atoms with Gasteiger partial charge in [0.15, 0.2) is 5.82 Å². The summed E-state index contributed by atoms with van der Waals surface area (Å²) < 4.78 is 0. The van der Waals surface area contributed by atoms with E-state index in [1.165, 1.54) is 10.4 Å². The lowest BCUT2D eigenvalue weighted by Gasteiger charge is -2.02. The fourth-order valence-corrected chi connectivity index (χ4v) is 1.68. The first-order valence-electron chi connectivity index (χ1n) is 6.00. The van der Waals surface area contributed by atoms with Gasteiger partial charge < -0.3 is 11.5 Å². The Morgan fingerprint density at radius 3 is 2.74 bits per heavy atom. The molecule has 0 aliphatic rings. The fraction of sp³-hybridized carbons (Fsp3) is 0.333. The molecule has 1 aromatic carbocycles. The number of amides is 1. The van der Waals surface area contributed by atoms with Gasteiger partial charge in [0.25, 0.3) is 0 Å². The molecule has 0 saturated carbocycles. The Morgan fingerprint density at radius 2 is 2.05 bits per heavy atom. The number of aryl methyl sites for hydroxylation is 2. The number of nitrogens with two attached hydrogens (primary N) is 2. The van der Waals surface area contributed by atoms with Crippen LogP contribution in [-0.4, -0.2) is 26.1 Å². The molecule has 7 nitrogen and oxygen atoms in total. The van der Waals surface area contributed by atoms with Crippen molar-refractivity contribution in [3.63, 3.8) is 0 Å². The zero-order valence-electron chi connectivity index (χ0n) is 10.4. The lowest BCUT2D eigenvalue weighted by atomic mass is 10.2. The highest BCUT2D eigenvalue weighted by Gasteiger charge is 2.14. The second kappa shape index (κ2) is 6.05. The van der Waals surface area contributed by atoms with Gasteiger partial charge in [0.2, 0.25) is 5.91 Å². The van der Waals surface area contributed by atoms with E-state index in [1.54, 1.807) is 0 Å². The second-order valence-corrected chi connectivity index (χ2v) is 4.26. The van der Waals surface area contributed by atoms with Crippen molar-refractivity contribution in [3.8, 4) is 0 Å². The van der Waals surface area contributed by atoms with E-state index >= 15 is 0 Å². The van der Waals surface area contributed by atoms with Crippen molar-refractivity contribution in [1.82, 2.24) is 20.2 Å². The zero-order chi connectivity index (χ0) is 13.7. The molecular formula is C12H16N6O. The van der Waals surface area contributed by atoms with E-state index < -0.39 is 11.9 Å². The van der Waals surface area contributed by atoms with E-state index in [1.807, 2.05) is 30.3 Å². The maximum atomic E-state index is 10.8. The van der Waals surface area contributed by atoms with Gasteiger partial charge in [-0.2, -0.15) is 4.80 Å². The minimum atomic E-state index is -0.594. The molecule has 2 rings (SSSR count). The van der Waals surface area contributed by atoms with Crippen LogP contribution in [0.15, 0.2) is 30.3 Å². The molecule has 0 aliphatic carbocycles. The van der Waals surface area contributed by atoms with E-state index in [4.69, 9.17) is 11.5 Å². The second-order valence-electron chi connectivity index (χ2n) is 4.26. The Morgan fingerprint density at radius 1 is 1.32 bits per heavy atom. The van der Waals surface area contributed by atoms with Gasteiger partial charge in [-0.05, 0) is 17.2 Å². The Kier molecular flexibility index (Phi) is 4.19. The van der Waals surface area contributed by atoms with Crippen LogP contribution in [0.25, 0.3) is 0 Å². The van der Waals surface area contributed by atoms with Crippen molar-refractivity contribution in [2.75, 3.05) is 0 Å². The number of nitrogens with zero attached hydrogens (tertiary/aromatic N) is 4. The van der Waals surface area contributed by atoms with Crippen molar-refractivity contribution >= 4 is 5.91 Å². The van der Waals surface area contributed by atoms with E-state index in [-0.39, 0.29) is 6.42 Å². The summed E-state index contributed by atoms with van der Waals surface area (Å²) in [7, 11) is 0. The zero-order valence-corrected chi connectivity index (χ0v) is 10.4. The average Bonchev–Trinajstić information content (AvgIpc) is 2.86. The van der Waals surface area contributed by atoms with Crippen molar-refractivity contribution in [2.45, 2.75) is 25.4 Å². The molecule has 19 heavy (non-hydrogen) atoms. The summed E-state index contributed by atoms with van der Waals surface area (Å²) in [6, 6.07) is 9.42. The summed E-state index contributed by atoms with van der Waals surface area (Å²) in [6.07, 6.45) is 0.825. The molecule has 0 unspecified atom stereocenters. The average molecular weight is 260 g/mol. The van der Waals surface area contributed by atoms with Crippen LogP contribution in [0.1, 0.15) is 23.9 Å². The third kappa shape index (κ3) is 3.85. The fourth-order valence-electron chi connectivity index (χ4n) is 1.68. The lowest BCUT2D eigenvalue weighted by Crippen LogP contribution is -2.21. The van der Waals surface area contributed by atoms with Gasteiger partial charge in [-0.3, -0.25) is 4.79 Å². The molecule has 0 bridgehead atoms. The Bertz CT molecular complexity index is 538. The van der Waals surface area contributed by atoms with Gasteiger partial charge in [-0.1, -0.05) is 30.3 Å². The molecule has 0 radical (unpaired) electrons. The molecule has 2 aromatic rings. The minimum Gasteiger partial charge on any atom is -0.370 e. The SMILES string of the molecule is NC(=O)C[C@@H](N)c1nnn(CCc2ccccc2)n1. The highest BCUT2D eigenvalue weighted by atomic mass is 16.1. The summed E-state index contributed by atoms with van der Waals surface area (Å²) in [4.78, 5) is 12.2. The van der Waals surface area contributed by atoms with Gasteiger partial charge >= 0.3 is 0 Å². The molecule has 1 atom stereocenters. The Balaban J connectivity index is 1.92. The quantitative estimate of drug-likeness (QED) is 0.746. The van der Waals surface area contributed by atoms with Crippen molar-refractivity contribution in [3.05, 3.63) is 41.7 Å². The number of tetrazole rings is 1. The molecule has 0 saturated heterocycles. The van der Waals surface area contributed by atoms with Crippen molar-refractivity contribution in [1.29, 1.82) is 0 Å². The van der Waals surface area contributed by atoms with Gasteiger partial charge in [-0.15, -0.1) is 10.2 Å². The molecule has 1 aromatic heterocycles. The van der Waals surface area contributed by atoms with Crippen LogP contribution < -0.4 is 11.5 Å². The number of aromatic nitrogens is 4. The summed E-state index contributed by atoms with van der Waals surface area (Å²) in [5.74, 6) is -0.139. The molecule has 1 amide bonds. The van der Waals surface area contributed by atoms with Gasteiger partial charge in [0, 0.05) is 6.42 Å². The van der Waals surface area contributed by atoms with Crippen LogP contribution in [0, 0.1) is 0 Å². The number of carbonyl (C=O) groups excluding carboxylic acids is 1. The molecule has 100 valence electrons. The number of benzene rings is 1. The highest BCUT2D eigenvalue weighted by molar-refractivity contribution is 5.74. The molecule has 1 heterocycles. The van der Waals surface area contributed by atoms with Crippen molar-refractivity contribution in [2.24, 2.45) is 11.5 Å². The monoisotopic (exact) mass is 260 g/mol. The number of rotatable bonds is 6. The Hall–Kier alpha value is -2.28. The summed E-state index contributed by atoms with van der Waals surface area (Å²) in [5.41, 5.74) is 12.0. The lowest BCUT2D eigenvalue weighted by molar-refractivity contribution is -0.118. The number of hydrogen-bond donors (Lipinski definition) is 2. The predicted molar refractivity (Wildman–Crippen MR) is 68.7 cm³/mol. The van der Waals surface area contributed by atoms with Crippen LogP contribution in [-0.2, 0) is 17.8 Å². The predicted octanol–water partition coefficient (Wildman–Crippen LogP) is -0.209. The molecule has 0 spiro atoms. The largest absolute Gasteiger partial charge is 0.370 e. The third-order valence-electron chi connectivity index (χ3n) is 2.66. The maximum absolute atomic E-state index is 10.8. The standard InChI is InChI=1S/C12H16N6O/c13-10(8-11(14)19)12-15-17-18(16-12)7-6-9-4-2-1-3-5-9/h1-5,10H,6-8,13H2,(H2,14,19)/t10-/m1/s1. The van der Waals surface area contributed by atoms with Gasteiger partial charge in [0.1, 0.15) is 0 Å². The van der Waals surface area contributed by atoms with Gasteiger partial charge in [0.05, 0.1) is 12.6 Å². The molecule has 0 fully saturated rings. The highest BCUT2D eigenvalue weighted by Crippen LogP contribution is 2.07. The number of hydrogen-bond acceptors (Lipinski definition) is 5. The molecule has 4 N–H and O–H groups in total. The summed E-state index contributed by atoms with van der Waals surface area (Å²) in [6.45, 7) is 0.611. The maximum Gasteiger partial charge on any atom is 0.219 e. The third-order valence-corrected chi connectivity index (χ3v) is 2.66. The summed E-state index contributed by atoms with van der Waals surface area (Å²) in [5, 5.41) is 11.9. The van der Waals surface area contributed by atoms with Crippen LogP contribution in [0.5, 0.6) is 0 Å². The first-order chi connectivity index (χ1) is 9.15. The molecule has 0 aliphatic heterocycles. The van der Waals surface area contributed by atoms with E-state index in [0.717, 1.165) is 6.42 Å². The van der Waals surface area contributed by atoms with E-state index in [2.05, 4.69) is 15.4 Å². The molecular weight excluding hydrogens is 244 g/mol. The van der Waals surface area contributed by atoms with Crippen LogP contribution >= 0.6 is 0 Å². The van der Waals surface area contributed by atoms with E-state index in [9.17, 15) is 4.79 Å². The number of carbonyl (C=O) groups is 1. The normalized spacial score (nSPS) is 12.3. The first kappa shape index (κ1) is 13.2. The Labute approximate surface area is 110 Å². The summed E-state index contributed by atoms with van der Waals surface area (Å²) >= 11 is 0.